The van der Waals surface area contributed by atoms with Gasteiger partial charge in [-0.25, -0.2) is 0 Å². The Balaban J connectivity index is 1.72. The molecule has 0 spiro atoms. The van der Waals surface area contributed by atoms with E-state index in [2.05, 4.69) is 140 Å². The van der Waals surface area contributed by atoms with Crippen molar-refractivity contribution < 1.29 is 4.57 Å². The molecule has 0 saturated carbocycles. The maximum absolute atomic E-state index is 2.55. The van der Waals surface area contributed by atoms with E-state index < -0.39 is 0 Å². The Kier molecular flexibility index (Phi) is 15.0. The highest BCUT2D eigenvalue weighted by Gasteiger charge is 2.11. The van der Waals surface area contributed by atoms with Crippen molar-refractivity contribution in [2.75, 3.05) is 36.0 Å². The lowest BCUT2D eigenvalue weighted by molar-refractivity contribution is -0.696. The molecule has 3 aromatic rings. The van der Waals surface area contributed by atoms with Crippen LogP contribution in [-0.4, -0.2) is 26.2 Å². The molecular weight excluding hydrogens is 510 g/mol. The first-order chi connectivity index (χ1) is 20.6. The number of rotatable bonds is 19. The van der Waals surface area contributed by atoms with Gasteiger partial charge in [-0.05, 0) is 86.2 Å². The SMILES string of the molecule is CCCCN(CCCC)c1ccc(/C=C/c2cccc(/C=C/c3ccc(N(CCCC)CCCC)cc3)[n+]2CC)cc1. The molecule has 2 aromatic carbocycles. The Bertz CT molecular complexity index is 1100. The van der Waals surface area contributed by atoms with Crippen LogP contribution in [0.2, 0.25) is 0 Å². The summed E-state index contributed by atoms with van der Waals surface area (Å²) in [6.07, 6.45) is 18.9. The van der Waals surface area contributed by atoms with Gasteiger partial charge >= 0.3 is 0 Å². The van der Waals surface area contributed by atoms with Gasteiger partial charge in [0.1, 0.15) is 6.54 Å². The lowest BCUT2D eigenvalue weighted by Gasteiger charge is -2.24. The van der Waals surface area contributed by atoms with Crippen molar-refractivity contribution in [2.45, 2.75) is 92.5 Å². The highest BCUT2D eigenvalue weighted by molar-refractivity contribution is 5.70. The van der Waals surface area contributed by atoms with E-state index >= 15 is 0 Å². The van der Waals surface area contributed by atoms with Gasteiger partial charge in [-0.3, -0.25) is 0 Å². The first-order valence-corrected chi connectivity index (χ1v) is 16.7. The van der Waals surface area contributed by atoms with Crippen LogP contribution in [0, 0.1) is 0 Å². The first kappa shape index (κ1) is 33.2. The summed E-state index contributed by atoms with van der Waals surface area (Å²) >= 11 is 0. The lowest BCUT2D eigenvalue weighted by Crippen LogP contribution is -2.38. The van der Waals surface area contributed by atoms with Gasteiger partial charge in [-0.2, -0.15) is 4.57 Å². The van der Waals surface area contributed by atoms with Gasteiger partial charge in [0.25, 0.3) is 0 Å². The maximum atomic E-state index is 2.55. The number of pyridine rings is 1. The summed E-state index contributed by atoms with van der Waals surface area (Å²) < 4.78 is 2.38. The molecule has 0 bridgehead atoms. The maximum Gasteiger partial charge on any atom is 0.205 e. The zero-order valence-electron chi connectivity index (χ0n) is 27.2. The minimum atomic E-state index is 0.922. The fourth-order valence-electron chi connectivity index (χ4n) is 5.32. The van der Waals surface area contributed by atoms with Crippen molar-refractivity contribution in [2.24, 2.45) is 0 Å². The van der Waals surface area contributed by atoms with Crippen molar-refractivity contribution in [3.63, 3.8) is 0 Å². The molecule has 42 heavy (non-hydrogen) atoms. The van der Waals surface area contributed by atoms with Crippen LogP contribution in [0.1, 0.15) is 109 Å². The van der Waals surface area contributed by atoms with Gasteiger partial charge in [0, 0.05) is 61.8 Å². The molecule has 0 N–H and O–H groups in total. The second-order valence-electron chi connectivity index (χ2n) is 11.4. The quantitative estimate of drug-likeness (QED) is 0.134. The molecule has 1 heterocycles. The molecule has 0 atom stereocenters. The molecule has 0 amide bonds. The van der Waals surface area contributed by atoms with Gasteiger partial charge in [-0.1, -0.05) is 77.6 Å². The van der Waals surface area contributed by atoms with E-state index in [-0.39, 0.29) is 0 Å². The first-order valence-electron chi connectivity index (χ1n) is 16.7. The van der Waals surface area contributed by atoms with E-state index in [1.807, 2.05) is 0 Å². The van der Waals surface area contributed by atoms with E-state index in [0.29, 0.717) is 0 Å². The molecule has 0 aliphatic rings. The third kappa shape index (κ3) is 10.5. The number of aromatic nitrogens is 1. The van der Waals surface area contributed by atoms with Crippen LogP contribution in [0.15, 0.2) is 66.7 Å². The largest absolute Gasteiger partial charge is 0.372 e. The molecule has 0 saturated heterocycles. The van der Waals surface area contributed by atoms with E-state index in [4.69, 9.17) is 0 Å². The molecule has 3 nitrogen and oxygen atoms in total. The van der Waals surface area contributed by atoms with Crippen LogP contribution in [0.5, 0.6) is 0 Å². The van der Waals surface area contributed by atoms with Gasteiger partial charge in [0.2, 0.25) is 11.4 Å². The molecule has 226 valence electrons. The number of benzene rings is 2. The van der Waals surface area contributed by atoms with Crippen LogP contribution in [0.25, 0.3) is 24.3 Å². The lowest BCUT2D eigenvalue weighted by atomic mass is 10.1. The summed E-state index contributed by atoms with van der Waals surface area (Å²) in [5.74, 6) is 0. The van der Waals surface area contributed by atoms with Crippen molar-refractivity contribution in [1.82, 2.24) is 0 Å². The third-order valence-corrected chi connectivity index (χ3v) is 8.01. The number of unbranched alkanes of at least 4 members (excludes halogenated alkanes) is 4. The Morgan fingerprint density at radius 2 is 0.833 bits per heavy atom. The fourth-order valence-corrected chi connectivity index (χ4v) is 5.32. The smallest absolute Gasteiger partial charge is 0.205 e. The van der Waals surface area contributed by atoms with Crippen LogP contribution in [-0.2, 0) is 6.54 Å². The molecular formula is C39H56N3+. The van der Waals surface area contributed by atoms with Crippen LogP contribution in [0.4, 0.5) is 11.4 Å². The summed E-state index contributed by atoms with van der Waals surface area (Å²) in [7, 11) is 0. The minimum absolute atomic E-state index is 0.922. The molecule has 3 rings (SSSR count). The normalized spacial score (nSPS) is 11.5. The standard InChI is InChI=1S/C39H56N3/c1-6-11-30-40(31-12-7-2)36-24-18-34(19-25-36)22-28-38-16-15-17-39(42(38)10-5)29-23-35-20-26-37(27-21-35)41(32-13-8-3)33-14-9-4/h15-29H,6-14,30-33H2,1-5H3/q+1. The average molecular weight is 567 g/mol. The van der Waals surface area contributed by atoms with Crippen molar-refractivity contribution in [3.8, 4) is 0 Å². The summed E-state index contributed by atoms with van der Waals surface area (Å²) in [4.78, 5) is 5.09. The molecule has 0 fully saturated rings. The molecule has 0 unspecified atom stereocenters. The van der Waals surface area contributed by atoms with Gasteiger partial charge in [-0.15, -0.1) is 0 Å². The van der Waals surface area contributed by atoms with Gasteiger partial charge in [0.15, 0.2) is 0 Å². The van der Waals surface area contributed by atoms with Crippen molar-refractivity contribution in [3.05, 3.63) is 89.2 Å². The van der Waals surface area contributed by atoms with Crippen LogP contribution < -0.4 is 14.4 Å². The number of hydrogen-bond acceptors (Lipinski definition) is 2. The number of anilines is 2. The Hall–Kier alpha value is -3.33. The monoisotopic (exact) mass is 566 g/mol. The van der Waals surface area contributed by atoms with Gasteiger partial charge < -0.3 is 9.80 Å². The summed E-state index contributed by atoms with van der Waals surface area (Å²) in [5, 5.41) is 0. The van der Waals surface area contributed by atoms with Crippen LogP contribution in [0.3, 0.4) is 0 Å². The highest BCUT2D eigenvalue weighted by atomic mass is 15.1. The fraction of sp³-hybridized carbons (Fsp3) is 0.462. The van der Waals surface area contributed by atoms with E-state index in [0.717, 1.165) is 32.7 Å². The topological polar surface area (TPSA) is 10.4 Å². The molecule has 0 radical (unpaired) electrons. The molecule has 0 aliphatic heterocycles. The van der Waals surface area contributed by atoms with E-state index in [1.165, 1.54) is 85.3 Å². The van der Waals surface area contributed by atoms with Crippen molar-refractivity contribution in [1.29, 1.82) is 0 Å². The summed E-state index contributed by atoms with van der Waals surface area (Å²) in [5.41, 5.74) is 7.59. The number of nitrogens with zero attached hydrogens (tertiary/aromatic N) is 3. The van der Waals surface area contributed by atoms with Crippen molar-refractivity contribution >= 4 is 35.7 Å². The Labute approximate surface area is 257 Å². The zero-order valence-corrected chi connectivity index (χ0v) is 27.2. The van der Waals surface area contributed by atoms with Crippen LogP contribution >= 0.6 is 0 Å². The van der Waals surface area contributed by atoms with Gasteiger partial charge in [0.05, 0.1) is 0 Å². The summed E-state index contributed by atoms with van der Waals surface area (Å²) in [6, 6.07) is 24.8. The zero-order chi connectivity index (χ0) is 30.0. The second kappa shape index (κ2) is 19.0. The number of hydrogen-bond donors (Lipinski definition) is 0. The molecule has 1 aromatic heterocycles. The molecule has 3 heteroatoms. The second-order valence-corrected chi connectivity index (χ2v) is 11.4. The Morgan fingerprint density at radius 1 is 0.476 bits per heavy atom. The average Bonchev–Trinajstić information content (AvgIpc) is 3.03. The minimum Gasteiger partial charge on any atom is -0.372 e. The predicted octanol–water partition coefficient (Wildman–Crippen LogP) is 10.1. The predicted molar refractivity (Wildman–Crippen MR) is 187 cm³/mol. The highest BCUT2D eigenvalue weighted by Crippen LogP contribution is 2.20. The van der Waals surface area contributed by atoms with E-state index in [9.17, 15) is 0 Å². The third-order valence-electron chi connectivity index (χ3n) is 8.01. The summed E-state index contributed by atoms with van der Waals surface area (Å²) in [6.45, 7) is 16.8. The Morgan fingerprint density at radius 3 is 1.14 bits per heavy atom. The molecule has 0 aliphatic carbocycles. The van der Waals surface area contributed by atoms with E-state index in [1.54, 1.807) is 0 Å².